The molecule has 0 amide bonds. The summed E-state index contributed by atoms with van der Waals surface area (Å²) in [7, 11) is 2.98. The van der Waals surface area contributed by atoms with Crippen molar-refractivity contribution in [3.05, 3.63) is 17.8 Å². The van der Waals surface area contributed by atoms with E-state index in [9.17, 15) is 4.79 Å². The molecule has 0 aliphatic rings. The Balaban J connectivity index is 3.19. The summed E-state index contributed by atoms with van der Waals surface area (Å²) in [6.07, 6.45) is 1.53. The van der Waals surface area contributed by atoms with Crippen LogP contribution in [0.3, 0.4) is 0 Å². The highest BCUT2D eigenvalue weighted by Gasteiger charge is 2.21. The first-order valence-electron chi connectivity index (χ1n) is 6.14. The second kappa shape index (κ2) is 6.94. The number of carbonyl (C=O) groups excluding carboxylic acids is 1. The van der Waals surface area contributed by atoms with Crippen molar-refractivity contribution in [3.63, 3.8) is 0 Å². The van der Waals surface area contributed by atoms with Crippen LogP contribution in [0.15, 0.2) is 12.3 Å². The van der Waals surface area contributed by atoms with E-state index >= 15 is 0 Å². The highest BCUT2D eigenvalue weighted by molar-refractivity contribution is 5.95. The predicted molar refractivity (Wildman–Crippen MR) is 74.3 cm³/mol. The maximum atomic E-state index is 11.8. The smallest absolute Gasteiger partial charge is 0.341 e. The fraction of sp³-hybridized carbons (Fsp3) is 0.538. The van der Waals surface area contributed by atoms with Crippen molar-refractivity contribution in [2.24, 2.45) is 0 Å². The molecule has 0 aliphatic heterocycles. The first kappa shape index (κ1) is 15.2. The third-order valence-electron chi connectivity index (χ3n) is 2.85. The van der Waals surface area contributed by atoms with Gasteiger partial charge in [0.1, 0.15) is 11.4 Å². The first-order chi connectivity index (χ1) is 9.04. The number of anilines is 2. The van der Waals surface area contributed by atoms with Gasteiger partial charge in [-0.25, -0.2) is 9.78 Å². The maximum absolute atomic E-state index is 11.8. The second-order valence-corrected chi connectivity index (χ2v) is 4.22. The molecule has 0 saturated heterocycles. The number of rotatable bonds is 6. The van der Waals surface area contributed by atoms with E-state index in [1.54, 1.807) is 13.2 Å². The first-order valence-corrected chi connectivity index (χ1v) is 6.14. The minimum absolute atomic E-state index is 0.0922. The molecule has 0 spiro atoms. The Morgan fingerprint density at radius 3 is 2.74 bits per heavy atom. The largest absolute Gasteiger partial charge is 0.465 e. The average molecular weight is 267 g/mol. The zero-order chi connectivity index (χ0) is 14.4. The molecule has 2 N–H and O–H groups in total. The number of hydrogen-bond donors (Lipinski definition) is 1. The van der Waals surface area contributed by atoms with Gasteiger partial charge in [-0.3, -0.25) is 0 Å². The highest BCUT2D eigenvalue weighted by Crippen LogP contribution is 2.22. The molecular weight excluding hydrogens is 246 g/mol. The molecule has 19 heavy (non-hydrogen) atoms. The molecule has 1 unspecified atom stereocenters. The molecular formula is C13H21N3O3. The van der Waals surface area contributed by atoms with E-state index in [2.05, 4.69) is 4.98 Å². The number of hydrogen-bond acceptors (Lipinski definition) is 6. The van der Waals surface area contributed by atoms with Gasteiger partial charge in [0.05, 0.1) is 31.6 Å². The van der Waals surface area contributed by atoms with E-state index in [1.807, 2.05) is 18.7 Å². The molecule has 0 aromatic carbocycles. The number of aromatic nitrogens is 1. The van der Waals surface area contributed by atoms with Gasteiger partial charge in [0.2, 0.25) is 0 Å². The Hall–Kier alpha value is -1.82. The Kier molecular flexibility index (Phi) is 5.57. The van der Waals surface area contributed by atoms with Gasteiger partial charge >= 0.3 is 5.97 Å². The van der Waals surface area contributed by atoms with Crippen molar-refractivity contribution in [1.82, 2.24) is 4.98 Å². The standard InChI is InChI=1S/C13H21N3O3/c1-5-16(9(2)8-18-3)12-11(13(17)19-4)6-10(14)7-15-12/h6-7,9H,5,8,14H2,1-4H3. The van der Waals surface area contributed by atoms with Crippen molar-refractivity contribution < 1.29 is 14.3 Å². The van der Waals surface area contributed by atoms with Gasteiger partial charge in [-0.2, -0.15) is 0 Å². The zero-order valence-electron chi connectivity index (χ0n) is 11.8. The van der Waals surface area contributed by atoms with Crippen molar-refractivity contribution in [3.8, 4) is 0 Å². The number of carbonyl (C=O) groups is 1. The summed E-state index contributed by atoms with van der Waals surface area (Å²) in [5.41, 5.74) is 6.48. The van der Waals surface area contributed by atoms with Gasteiger partial charge in [-0.15, -0.1) is 0 Å². The lowest BCUT2D eigenvalue weighted by Crippen LogP contribution is -2.37. The van der Waals surface area contributed by atoms with E-state index in [0.717, 1.165) is 0 Å². The Morgan fingerprint density at radius 1 is 1.53 bits per heavy atom. The fourth-order valence-electron chi connectivity index (χ4n) is 1.96. The minimum Gasteiger partial charge on any atom is -0.465 e. The Labute approximate surface area is 113 Å². The van der Waals surface area contributed by atoms with Crippen LogP contribution in [0.2, 0.25) is 0 Å². The predicted octanol–water partition coefficient (Wildman–Crippen LogP) is 1.31. The van der Waals surface area contributed by atoms with Gasteiger partial charge in [0.15, 0.2) is 0 Å². The van der Waals surface area contributed by atoms with Crippen molar-refractivity contribution >= 4 is 17.5 Å². The SMILES string of the molecule is CCN(c1ncc(N)cc1C(=O)OC)C(C)COC. The third kappa shape index (κ3) is 3.57. The van der Waals surface area contributed by atoms with Crippen LogP contribution >= 0.6 is 0 Å². The van der Waals surface area contributed by atoms with Crippen LogP contribution in [0, 0.1) is 0 Å². The van der Waals surface area contributed by atoms with E-state index in [-0.39, 0.29) is 6.04 Å². The van der Waals surface area contributed by atoms with E-state index in [4.69, 9.17) is 15.2 Å². The van der Waals surface area contributed by atoms with Crippen LogP contribution in [0.25, 0.3) is 0 Å². The molecule has 106 valence electrons. The van der Waals surface area contributed by atoms with Gasteiger partial charge in [0, 0.05) is 13.7 Å². The molecule has 1 aromatic heterocycles. The van der Waals surface area contributed by atoms with Gasteiger partial charge in [0.25, 0.3) is 0 Å². The third-order valence-corrected chi connectivity index (χ3v) is 2.85. The Bertz CT molecular complexity index is 437. The molecule has 6 heteroatoms. The summed E-state index contributed by atoms with van der Waals surface area (Å²) in [4.78, 5) is 18.1. The zero-order valence-corrected chi connectivity index (χ0v) is 11.8. The second-order valence-electron chi connectivity index (χ2n) is 4.22. The maximum Gasteiger partial charge on any atom is 0.341 e. The lowest BCUT2D eigenvalue weighted by molar-refractivity contribution is 0.0600. The number of ether oxygens (including phenoxy) is 2. The Morgan fingerprint density at radius 2 is 2.21 bits per heavy atom. The summed E-state index contributed by atoms with van der Waals surface area (Å²) in [5, 5.41) is 0. The lowest BCUT2D eigenvalue weighted by Gasteiger charge is -2.29. The number of likely N-dealkylation sites (N-methyl/N-ethyl adjacent to an activating group) is 1. The van der Waals surface area contributed by atoms with Crippen LogP contribution < -0.4 is 10.6 Å². The van der Waals surface area contributed by atoms with Crippen LogP contribution in [0.5, 0.6) is 0 Å². The van der Waals surface area contributed by atoms with Crippen LogP contribution in [0.1, 0.15) is 24.2 Å². The normalized spacial score (nSPS) is 12.0. The van der Waals surface area contributed by atoms with Crippen molar-refractivity contribution in [2.75, 3.05) is 38.0 Å². The minimum atomic E-state index is -0.446. The molecule has 0 bridgehead atoms. The summed E-state index contributed by atoms with van der Waals surface area (Å²) in [6, 6.07) is 1.67. The van der Waals surface area contributed by atoms with Gasteiger partial charge < -0.3 is 20.1 Å². The van der Waals surface area contributed by atoms with Crippen LogP contribution in [-0.4, -0.2) is 44.4 Å². The monoisotopic (exact) mass is 267 g/mol. The summed E-state index contributed by atoms with van der Waals surface area (Å²) >= 11 is 0. The van der Waals surface area contributed by atoms with E-state index in [0.29, 0.717) is 30.2 Å². The molecule has 0 fully saturated rings. The van der Waals surface area contributed by atoms with E-state index in [1.165, 1.54) is 13.3 Å². The topological polar surface area (TPSA) is 77.7 Å². The highest BCUT2D eigenvalue weighted by atomic mass is 16.5. The van der Waals surface area contributed by atoms with Gasteiger partial charge in [-0.05, 0) is 19.9 Å². The molecule has 1 atom stereocenters. The van der Waals surface area contributed by atoms with Crippen molar-refractivity contribution in [1.29, 1.82) is 0 Å². The van der Waals surface area contributed by atoms with Crippen LogP contribution in [0.4, 0.5) is 11.5 Å². The van der Waals surface area contributed by atoms with E-state index < -0.39 is 5.97 Å². The average Bonchev–Trinajstić information content (AvgIpc) is 2.40. The number of nitrogens with zero attached hydrogens (tertiary/aromatic N) is 2. The number of esters is 1. The summed E-state index contributed by atoms with van der Waals surface area (Å²) in [5.74, 6) is 0.117. The fourth-order valence-corrected chi connectivity index (χ4v) is 1.96. The molecule has 1 rings (SSSR count). The lowest BCUT2D eigenvalue weighted by atomic mass is 10.2. The molecule has 0 aliphatic carbocycles. The molecule has 0 radical (unpaired) electrons. The summed E-state index contributed by atoms with van der Waals surface area (Å²) < 4.78 is 9.92. The number of pyridine rings is 1. The van der Waals surface area contributed by atoms with Crippen molar-refractivity contribution in [2.45, 2.75) is 19.9 Å². The molecule has 1 aromatic rings. The van der Waals surface area contributed by atoms with Crippen LogP contribution in [-0.2, 0) is 9.47 Å². The molecule has 6 nitrogen and oxygen atoms in total. The molecule has 1 heterocycles. The molecule has 0 saturated carbocycles. The quantitative estimate of drug-likeness (QED) is 0.783. The summed E-state index contributed by atoms with van der Waals surface area (Å²) in [6.45, 7) is 5.24. The van der Waals surface area contributed by atoms with Gasteiger partial charge in [-0.1, -0.05) is 0 Å². The number of methoxy groups -OCH3 is 2. The number of nitrogens with two attached hydrogens (primary N) is 1. The number of nitrogen functional groups attached to an aromatic ring is 1.